The SMILES string of the molecule is CC(C)(O)CC(C)(O)CCCCCCO. The van der Waals surface area contributed by atoms with Crippen LogP contribution in [0.5, 0.6) is 0 Å². The van der Waals surface area contributed by atoms with Gasteiger partial charge in [-0.2, -0.15) is 0 Å². The van der Waals surface area contributed by atoms with Crippen LogP contribution in [0.25, 0.3) is 0 Å². The molecule has 0 fully saturated rings. The topological polar surface area (TPSA) is 60.7 Å². The van der Waals surface area contributed by atoms with Crippen LogP contribution in [0.4, 0.5) is 0 Å². The highest BCUT2D eigenvalue weighted by molar-refractivity contribution is 4.81. The van der Waals surface area contributed by atoms with Gasteiger partial charge >= 0.3 is 0 Å². The van der Waals surface area contributed by atoms with E-state index in [1.165, 1.54) is 0 Å². The van der Waals surface area contributed by atoms with Crippen molar-refractivity contribution in [1.82, 2.24) is 0 Å². The minimum absolute atomic E-state index is 0.250. The Morgan fingerprint density at radius 2 is 1.40 bits per heavy atom. The van der Waals surface area contributed by atoms with Crippen molar-refractivity contribution in [3.63, 3.8) is 0 Å². The maximum atomic E-state index is 10.00. The van der Waals surface area contributed by atoms with E-state index in [-0.39, 0.29) is 6.61 Å². The van der Waals surface area contributed by atoms with E-state index in [2.05, 4.69) is 0 Å². The lowest BCUT2D eigenvalue weighted by Gasteiger charge is -2.30. The van der Waals surface area contributed by atoms with Gasteiger partial charge in [-0.05, 0) is 33.6 Å². The van der Waals surface area contributed by atoms with E-state index in [4.69, 9.17) is 5.11 Å². The van der Waals surface area contributed by atoms with Gasteiger partial charge in [-0.3, -0.25) is 0 Å². The van der Waals surface area contributed by atoms with Crippen molar-refractivity contribution >= 4 is 0 Å². The van der Waals surface area contributed by atoms with E-state index < -0.39 is 11.2 Å². The molecule has 0 rings (SSSR count). The smallest absolute Gasteiger partial charge is 0.0646 e. The third-order valence-corrected chi connectivity index (χ3v) is 2.44. The van der Waals surface area contributed by atoms with Crippen LogP contribution in [-0.2, 0) is 0 Å². The Balaban J connectivity index is 3.65. The van der Waals surface area contributed by atoms with E-state index >= 15 is 0 Å². The lowest BCUT2D eigenvalue weighted by molar-refractivity contribution is -0.0409. The Hall–Kier alpha value is -0.120. The fraction of sp³-hybridized carbons (Fsp3) is 1.00. The summed E-state index contributed by atoms with van der Waals surface area (Å²) in [4.78, 5) is 0. The fourth-order valence-corrected chi connectivity index (χ4v) is 1.99. The molecular formula is C12H26O3. The van der Waals surface area contributed by atoms with Crippen molar-refractivity contribution in [2.45, 2.75) is 70.5 Å². The molecular weight excluding hydrogens is 192 g/mol. The van der Waals surface area contributed by atoms with Crippen molar-refractivity contribution in [1.29, 1.82) is 0 Å². The molecule has 0 heterocycles. The summed E-state index contributed by atoms with van der Waals surface area (Å²) in [6.07, 6.45) is 4.94. The molecule has 0 bridgehead atoms. The van der Waals surface area contributed by atoms with Gasteiger partial charge in [0.25, 0.3) is 0 Å². The van der Waals surface area contributed by atoms with Crippen LogP contribution in [-0.4, -0.2) is 33.1 Å². The summed E-state index contributed by atoms with van der Waals surface area (Å²) in [6.45, 7) is 5.46. The Morgan fingerprint density at radius 3 is 1.87 bits per heavy atom. The minimum atomic E-state index is -0.811. The van der Waals surface area contributed by atoms with Gasteiger partial charge in [-0.25, -0.2) is 0 Å². The second-order valence-electron chi connectivity index (χ2n) is 5.37. The first-order chi connectivity index (χ1) is 6.77. The van der Waals surface area contributed by atoms with Gasteiger partial charge in [-0.1, -0.05) is 19.3 Å². The molecule has 0 aliphatic heterocycles. The normalized spacial score (nSPS) is 16.4. The first kappa shape index (κ1) is 14.9. The summed E-state index contributed by atoms with van der Waals surface area (Å²) in [7, 11) is 0. The van der Waals surface area contributed by atoms with E-state index in [1.807, 2.05) is 0 Å². The Bertz CT molecular complexity index is 159. The fourth-order valence-electron chi connectivity index (χ4n) is 1.99. The second-order valence-corrected chi connectivity index (χ2v) is 5.37. The molecule has 0 radical (unpaired) electrons. The second kappa shape index (κ2) is 6.46. The lowest BCUT2D eigenvalue weighted by Crippen LogP contribution is -2.35. The quantitative estimate of drug-likeness (QED) is 0.545. The molecule has 0 aromatic rings. The van der Waals surface area contributed by atoms with Crippen LogP contribution >= 0.6 is 0 Å². The van der Waals surface area contributed by atoms with Crippen LogP contribution in [0.3, 0.4) is 0 Å². The van der Waals surface area contributed by atoms with Crippen molar-refractivity contribution in [3.8, 4) is 0 Å². The van der Waals surface area contributed by atoms with Crippen LogP contribution in [0.2, 0.25) is 0 Å². The van der Waals surface area contributed by atoms with E-state index in [9.17, 15) is 10.2 Å². The van der Waals surface area contributed by atoms with Gasteiger partial charge in [0, 0.05) is 13.0 Å². The summed E-state index contributed by atoms with van der Waals surface area (Å²) in [5.41, 5.74) is -1.59. The zero-order chi connectivity index (χ0) is 11.9. The minimum Gasteiger partial charge on any atom is -0.396 e. The van der Waals surface area contributed by atoms with Gasteiger partial charge in [0.2, 0.25) is 0 Å². The molecule has 0 amide bonds. The third kappa shape index (κ3) is 10.2. The molecule has 3 nitrogen and oxygen atoms in total. The van der Waals surface area contributed by atoms with Crippen molar-refractivity contribution in [2.24, 2.45) is 0 Å². The summed E-state index contributed by atoms with van der Waals surface area (Å²) >= 11 is 0. The Morgan fingerprint density at radius 1 is 0.867 bits per heavy atom. The lowest BCUT2D eigenvalue weighted by atomic mass is 9.87. The van der Waals surface area contributed by atoms with Gasteiger partial charge in [0.1, 0.15) is 0 Å². The molecule has 0 aromatic carbocycles. The van der Waals surface area contributed by atoms with Gasteiger partial charge < -0.3 is 15.3 Å². The van der Waals surface area contributed by atoms with Crippen LogP contribution in [0.15, 0.2) is 0 Å². The van der Waals surface area contributed by atoms with Crippen LogP contribution < -0.4 is 0 Å². The average molecular weight is 218 g/mol. The largest absolute Gasteiger partial charge is 0.396 e. The average Bonchev–Trinajstić information content (AvgIpc) is 1.99. The highest BCUT2D eigenvalue weighted by atomic mass is 16.3. The molecule has 92 valence electrons. The molecule has 3 N–H and O–H groups in total. The summed E-state index contributed by atoms with van der Waals surface area (Å²) < 4.78 is 0. The highest BCUT2D eigenvalue weighted by Crippen LogP contribution is 2.25. The molecule has 0 aliphatic carbocycles. The Labute approximate surface area is 93.1 Å². The maximum absolute atomic E-state index is 10.00. The first-order valence-electron chi connectivity index (χ1n) is 5.82. The van der Waals surface area contributed by atoms with Crippen molar-refractivity contribution in [3.05, 3.63) is 0 Å². The van der Waals surface area contributed by atoms with Crippen molar-refractivity contribution in [2.75, 3.05) is 6.61 Å². The first-order valence-corrected chi connectivity index (χ1v) is 5.82. The molecule has 3 heteroatoms. The predicted octanol–water partition coefficient (Wildman–Crippen LogP) is 1.84. The Kier molecular flexibility index (Phi) is 6.41. The van der Waals surface area contributed by atoms with Crippen molar-refractivity contribution < 1.29 is 15.3 Å². The molecule has 0 saturated heterocycles. The standard InChI is InChI=1S/C12H26O3/c1-11(2,14)10-12(3,15)8-6-4-5-7-9-13/h13-15H,4-10H2,1-3H3. The van der Waals surface area contributed by atoms with E-state index in [0.717, 1.165) is 25.7 Å². The van der Waals surface area contributed by atoms with Gasteiger partial charge in [0.05, 0.1) is 11.2 Å². The number of hydrogen-bond acceptors (Lipinski definition) is 3. The maximum Gasteiger partial charge on any atom is 0.0646 e. The third-order valence-electron chi connectivity index (χ3n) is 2.44. The molecule has 0 saturated carbocycles. The molecule has 1 atom stereocenters. The van der Waals surface area contributed by atoms with Crippen LogP contribution in [0.1, 0.15) is 59.3 Å². The number of aliphatic hydroxyl groups is 3. The summed E-state index contributed by atoms with van der Waals surface area (Å²) in [5.74, 6) is 0. The number of rotatable bonds is 8. The van der Waals surface area contributed by atoms with Gasteiger partial charge in [0.15, 0.2) is 0 Å². The molecule has 1 unspecified atom stereocenters. The number of unbranched alkanes of at least 4 members (excludes halogenated alkanes) is 3. The zero-order valence-electron chi connectivity index (χ0n) is 10.3. The number of aliphatic hydroxyl groups excluding tert-OH is 1. The number of hydrogen-bond donors (Lipinski definition) is 3. The van der Waals surface area contributed by atoms with Crippen LogP contribution in [0, 0.1) is 0 Å². The highest BCUT2D eigenvalue weighted by Gasteiger charge is 2.28. The van der Waals surface area contributed by atoms with E-state index in [1.54, 1.807) is 20.8 Å². The zero-order valence-corrected chi connectivity index (χ0v) is 10.3. The monoisotopic (exact) mass is 218 g/mol. The van der Waals surface area contributed by atoms with E-state index in [0.29, 0.717) is 12.8 Å². The van der Waals surface area contributed by atoms with Gasteiger partial charge in [-0.15, -0.1) is 0 Å². The molecule has 0 spiro atoms. The molecule has 15 heavy (non-hydrogen) atoms. The summed E-state index contributed by atoms with van der Waals surface area (Å²) in [5, 5.41) is 28.2. The predicted molar refractivity (Wildman–Crippen MR) is 61.7 cm³/mol. The molecule has 0 aliphatic rings. The molecule has 0 aromatic heterocycles. The summed E-state index contributed by atoms with van der Waals surface area (Å²) in [6, 6.07) is 0.